The number of halogens is 1. The molecule has 0 spiro atoms. The lowest BCUT2D eigenvalue weighted by Gasteiger charge is -2.16. The number of rotatable bonds is 4. The van der Waals surface area contributed by atoms with Crippen LogP contribution >= 0.6 is 11.6 Å². The Bertz CT molecular complexity index is 335. The topological polar surface area (TPSA) is 46.2 Å². The van der Waals surface area contributed by atoms with Gasteiger partial charge in [-0.1, -0.05) is 30.3 Å². The van der Waals surface area contributed by atoms with Gasteiger partial charge in [-0.2, -0.15) is 0 Å². The summed E-state index contributed by atoms with van der Waals surface area (Å²) in [5.41, 5.74) is 0.877. The minimum absolute atomic E-state index is 0.102. The largest absolute Gasteiger partial charge is 0.349 e. The van der Waals surface area contributed by atoms with E-state index < -0.39 is 5.24 Å². The molecule has 1 aromatic carbocycles. The predicted octanol–water partition coefficient (Wildman–Crippen LogP) is 2.02. The first-order chi connectivity index (χ1) is 7.09. The van der Waals surface area contributed by atoms with Crippen molar-refractivity contribution in [3.8, 4) is 0 Å². The average molecular weight is 226 g/mol. The molecule has 0 saturated heterocycles. The Labute approximate surface area is 93.4 Å². The van der Waals surface area contributed by atoms with Crippen molar-refractivity contribution in [3.05, 3.63) is 35.9 Å². The van der Waals surface area contributed by atoms with Gasteiger partial charge in [0.05, 0.1) is 6.04 Å². The highest BCUT2D eigenvalue weighted by molar-refractivity contribution is 6.63. The highest BCUT2D eigenvalue weighted by Gasteiger charge is 2.15. The Morgan fingerprint density at radius 1 is 1.33 bits per heavy atom. The zero-order chi connectivity index (χ0) is 11.3. The molecule has 0 aliphatic heterocycles. The molecule has 1 N–H and O–H groups in total. The third-order valence-electron chi connectivity index (χ3n) is 1.94. The minimum Gasteiger partial charge on any atom is -0.349 e. The minimum atomic E-state index is -0.461. The number of nitrogens with one attached hydrogen (secondary N) is 1. The van der Waals surface area contributed by atoms with Crippen molar-refractivity contribution < 1.29 is 9.59 Å². The first-order valence-electron chi connectivity index (χ1n) is 4.60. The van der Waals surface area contributed by atoms with E-state index in [2.05, 4.69) is 5.32 Å². The Hall–Kier alpha value is -1.35. The summed E-state index contributed by atoms with van der Waals surface area (Å²) in [6.07, 6.45) is 0.102. The fourth-order valence-electron chi connectivity index (χ4n) is 1.34. The summed E-state index contributed by atoms with van der Waals surface area (Å²) >= 11 is 5.32. The van der Waals surface area contributed by atoms with Gasteiger partial charge < -0.3 is 5.32 Å². The van der Waals surface area contributed by atoms with Crippen LogP contribution in [0.5, 0.6) is 0 Å². The summed E-state index contributed by atoms with van der Waals surface area (Å²) in [7, 11) is 0. The van der Waals surface area contributed by atoms with Gasteiger partial charge in [0.1, 0.15) is 0 Å². The van der Waals surface area contributed by atoms with Crippen LogP contribution in [0.4, 0.5) is 0 Å². The molecule has 1 rings (SSSR count). The van der Waals surface area contributed by atoms with E-state index in [1.54, 1.807) is 0 Å². The van der Waals surface area contributed by atoms with Crippen LogP contribution in [-0.4, -0.2) is 11.1 Å². The van der Waals surface area contributed by atoms with Crippen LogP contribution < -0.4 is 5.32 Å². The molecule has 0 radical (unpaired) electrons. The molecule has 1 aromatic rings. The molecule has 80 valence electrons. The number of amides is 1. The molecule has 0 aliphatic carbocycles. The smallest absolute Gasteiger partial charge is 0.224 e. The summed E-state index contributed by atoms with van der Waals surface area (Å²) in [4.78, 5) is 21.8. The zero-order valence-electron chi connectivity index (χ0n) is 8.37. The number of carbonyl (C=O) groups excluding carboxylic acids is 2. The second-order valence-electron chi connectivity index (χ2n) is 3.22. The third-order valence-corrected chi connectivity index (χ3v) is 2.10. The maximum absolute atomic E-state index is 10.9. The van der Waals surface area contributed by atoms with Gasteiger partial charge in [0.2, 0.25) is 11.1 Å². The van der Waals surface area contributed by atoms with E-state index in [1.807, 2.05) is 30.3 Å². The number of hydrogen-bond acceptors (Lipinski definition) is 2. The number of hydrogen-bond donors (Lipinski definition) is 1. The molecular weight excluding hydrogens is 214 g/mol. The number of benzene rings is 1. The summed E-state index contributed by atoms with van der Waals surface area (Å²) in [5.74, 6) is -0.179. The van der Waals surface area contributed by atoms with E-state index in [1.165, 1.54) is 6.92 Å². The van der Waals surface area contributed by atoms with Crippen LogP contribution in [0.1, 0.15) is 24.9 Å². The first kappa shape index (κ1) is 11.7. The van der Waals surface area contributed by atoms with Crippen molar-refractivity contribution in [2.45, 2.75) is 19.4 Å². The maximum Gasteiger partial charge on any atom is 0.224 e. The summed E-state index contributed by atoms with van der Waals surface area (Å²) in [6.45, 7) is 1.41. The molecule has 0 aliphatic rings. The van der Waals surface area contributed by atoms with Gasteiger partial charge in [-0.05, 0) is 17.2 Å². The molecule has 1 atom stereocenters. The van der Waals surface area contributed by atoms with Gasteiger partial charge >= 0.3 is 0 Å². The molecule has 0 heterocycles. The quantitative estimate of drug-likeness (QED) is 0.797. The highest BCUT2D eigenvalue weighted by atomic mass is 35.5. The van der Waals surface area contributed by atoms with Gasteiger partial charge in [-0.25, -0.2) is 0 Å². The van der Waals surface area contributed by atoms with Crippen LogP contribution in [0.3, 0.4) is 0 Å². The molecule has 1 amide bonds. The summed E-state index contributed by atoms with van der Waals surface area (Å²) < 4.78 is 0. The molecular formula is C11H12ClNO2. The van der Waals surface area contributed by atoms with Crippen molar-refractivity contribution in [2.75, 3.05) is 0 Å². The molecule has 15 heavy (non-hydrogen) atoms. The second kappa shape index (κ2) is 5.51. The third kappa shape index (κ3) is 4.13. The van der Waals surface area contributed by atoms with Crippen molar-refractivity contribution >= 4 is 22.8 Å². The molecule has 4 heteroatoms. The van der Waals surface area contributed by atoms with E-state index in [0.29, 0.717) is 0 Å². The van der Waals surface area contributed by atoms with Gasteiger partial charge in [-0.3, -0.25) is 9.59 Å². The maximum atomic E-state index is 10.9. The Kier molecular flexibility index (Phi) is 4.31. The van der Waals surface area contributed by atoms with Crippen LogP contribution in [0.15, 0.2) is 30.3 Å². The van der Waals surface area contributed by atoms with Crippen LogP contribution in [-0.2, 0) is 9.59 Å². The Balaban J connectivity index is 2.81. The second-order valence-corrected chi connectivity index (χ2v) is 3.64. The first-order valence-corrected chi connectivity index (χ1v) is 4.98. The lowest BCUT2D eigenvalue weighted by molar-refractivity contribution is -0.120. The molecule has 3 nitrogen and oxygen atoms in total. The van der Waals surface area contributed by atoms with Gasteiger partial charge in [-0.15, -0.1) is 0 Å². The standard InChI is InChI=1S/C11H12ClNO2/c1-8(14)13-10(7-11(12)15)9-5-3-2-4-6-9/h2-6,10H,7H2,1H3,(H,13,14)/t10-/m1/s1. The Morgan fingerprint density at radius 2 is 1.93 bits per heavy atom. The van der Waals surface area contributed by atoms with Crippen molar-refractivity contribution in [3.63, 3.8) is 0 Å². The molecule has 0 fully saturated rings. The monoisotopic (exact) mass is 225 g/mol. The Morgan fingerprint density at radius 3 is 2.40 bits per heavy atom. The average Bonchev–Trinajstić information content (AvgIpc) is 2.17. The van der Waals surface area contributed by atoms with E-state index in [4.69, 9.17) is 11.6 Å². The van der Waals surface area contributed by atoms with Crippen molar-refractivity contribution in [2.24, 2.45) is 0 Å². The lowest BCUT2D eigenvalue weighted by atomic mass is 10.0. The van der Waals surface area contributed by atoms with Crippen LogP contribution in [0.25, 0.3) is 0 Å². The molecule has 0 saturated carbocycles. The molecule has 0 unspecified atom stereocenters. The molecule has 0 aromatic heterocycles. The van der Waals surface area contributed by atoms with Crippen molar-refractivity contribution in [1.29, 1.82) is 0 Å². The van der Waals surface area contributed by atoms with E-state index in [0.717, 1.165) is 5.56 Å². The highest BCUT2D eigenvalue weighted by Crippen LogP contribution is 2.17. The van der Waals surface area contributed by atoms with Crippen molar-refractivity contribution in [1.82, 2.24) is 5.32 Å². The van der Waals surface area contributed by atoms with Crippen LogP contribution in [0, 0.1) is 0 Å². The van der Waals surface area contributed by atoms with E-state index >= 15 is 0 Å². The van der Waals surface area contributed by atoms with Gasteiger partial charge in [0, 0.05) is 13.3 Å². The number of carbonyl (C=O) groups is 2. The van der Waals surface area contributed by atoms with Crippen LogP contribution in [0.2, 0.25) is 0 Å². The zero-order valence-corrected chi connectivity index (χ0v) is 9.12. The fraction of sp³-hybridized carbons (Fsp3) is 0.273. The predicted molar refractivity (Wildman–Crippen MR) is 58.5 cm³/mol. The fourth-order valence-corrected chi connectivity index (χ4v) is 1.50. The molecule has 0 bridgehead atoms. The summed E-state index contributed by atoms with van der Waals surface area (Å²) in [6, 6.07) is 8.93. The van der Waals surface area contributed by atoms with E-state index in [9.17, 15) is 9.59 Å². The van der Waals surface area contributed by atoms with Gasteiger partial charge in [0.15, 0.2) is 0 Å². The SMILES string of the molecule is CC(=O)N[C@H](CC(=O)Cl)c1ccccc1. The normalized spacial score (nSPS) is 11.9. The van der Waals surface area contributed by atoms with E-state index in [-0.39, 0.29) is 18.4 Å². The lowest BCUT2D eigenvalue weighted by Crippen LogP contribution is -2.27. The summed E-state index contributed by atoms with van der Waals surface area (Å²) in [5, 5.41) is 2.22. The van der Waals surface area contributed by atoms with Gasteiger partial charge in [0.25, 0.3) is 0 Å².